The Morgan fingerprint density at radius 3 is 2.62 bits per heavy atom. The number of rotatable bonds is 8. The number of aryl methyl sites for hydroxylation is 2. The fraction of sp³-hybridized carbons (Fsp3) is 0.250. The zero-order valence-corrected chi connectivity index (χ0v) is 14.3. The van der Waals surface area contributed by atoms with E-state index in [9.17, 15) is 9.18 Å². The first-order valence-electron chi connectivity index (χ1n) is 8.60. The predicted molar refractivity (Wildman–Crippen MR) is 95.8 cm³/mol. The standard InChI is InChI=1S/C20H20FN3O2/c21-17-10-5-4-7-15(17)12-13-18(25)22-14-6-11-19-23-20(24-26-19)16-8-2-1-3-9-16/h1-5,7-10H,6,11-14H2,(H,22,25). The van der Waals surface area contributed by atoms with E-state index in [0.29, 0.717) is 43.1 Å². The van der Waals surface area contributed by atoms with E-state index >= 15 is 0 Å². The maximum absolute atomic E-state index is 13.5. The Balaban J connectivity index is 1.37. The van der Waals surface area contributed by atoms with Gasteiger partial charge in [0.2, 0.25) is 17.6 Å². The van der Waals surface area contributed by atoms with Crippen molar-refractivity contribution in [1.29, 1.82) is 0 Å². The van der Waals surface area contributed by atoms with E-state index in [1.807, 2.05) is 30.3 Å². The molecule has 0 fully saturated rings. The molecule has 0 aliphatic heterocycles. The molecular weight excluding hydrogens is 333 g/mol. The highest BCUT2D eigenvalue weighted by molar-refractivity contribution is 5.76. The van der Waals surface area contributed by atoms with Gasteiger partial charge in [-0.25, -0.2) is 4.39 Å². The normalized spacial score (nSPS) is 10.7. The molecule has 6 heteroatoms. The summed E-state index contributed by atoms with van der Waals surface area (Å²) in [5.74, 6) is 0.744. The van der Waals surface area contributed by atoms with Crippen molar-refractivity contribution in [1.82, 2.24) is 15.5 Å². The molecular formula is C20H20FN3O2. The molecule has 0 saturated heterocycles. The Morgan fingerprint density at radius 1 is 1.04 bits per heavy atom. The lowest BCUT2D eigenvalue weighted by molar-refractivity contribution is -0.121. The molecule has 0 aliphatic carbocycles. The molecule has 0 unspecified atom stereocenters. The van der Waals surface area contributed by atoms with Crippen LogP contribution in [0.1, 0.15) is 24.3 Å². The number of hydrogen-bond donors (Lipinski definition) is 1. The van der Waals surface area contributed by atoms with Crippen LogP contribution in [0.4, 0.5) is 4.39 Å². The van der Waals surface area contributed by atoms with E-state index in [0.717, 1.165) is 5.56 Å². The van der Waals surface area contributed by atoms with Crippen molar-refractivity contribution in [2.75, 3.05) is 6.54 Å². The minimum absolute atomic E-state index is 0.0937. The number of nitrogens with zero attached hydrogens (tertiary/aromatic N) is 2. The predicted octanol–water partition coefficient (Wildman–Crippen LogP) is 3.56. The molecule has 1 aromatic heterocycles. The Morgan fingerprint density at radius 2 is 1.81 bits per heavy atom. The lowest BCUT2D eigenvalue weighted by Crippen LogP contribution is -2.25. The second-order valence-electron chi connectivity index (χ2n) is 5.92. The minimum atomic E-state index is -0.272. The van der Waals surface area contributed by atoms with E-state index in [4.69, 9.17) is 4.52 Å². The lowest BCUT2D eigenvalue weighted by Gasteiger charge is -2.05. The van der Waals surface area contributed by atoms with Gasteiger partial charge in [-0.2, -0.15) is 4.98 Å². The van der Waals surface area contributed by atoms with Gasteiger partial charge in [-0.1, -0.05) is 53.7 Å². The fourth-order valence-electron chi connectivity index (χ4n) is 2.57. The maximum atomic E-state index is 13.5. The van der Waals surface area contributed by atoms with E-state index in [2.05, 4.69) is 15.5 Å². The second-order valence-corrected chi connectivity index (χ2v) is 5.92. The lowest BCUT2D eigenvalue weighted by atomic mass is 10.1. The van der Waals surface area contributed by atoms with Crippen LogP contribution >= 0.6 is 0 Å². The molecule has 1 amide bonds. The molecule has 0 saturated carbocycles. The van der Waals surface area contributed by atoms with Gasteiger partial charge in [0.15, 0.2) is 0 Å². The van der Waals surface area contributed by atoms with Gasteiger partial charge in [0.05, 0.1) is 0 Å². The summed E-state index contributed by atoms with van der Waals surface area (Å²) in [5.41, 5.74) is 1.46. The summed E-state index contributed by atoms with van der Waals surface area (Å²) in [7, 11) is 0. The highest BCUT2D eigenvalue weighted by Crippen LogP contribution is 2.15. The largest absolute Gasteiger partial charge is 0.356 e. The summed E-state index contributed by atoms with van der Waals surface area (Å²) < 4.78 is 18.7. The van der Waals surface area contributed by atoms with E-state index in [1.165, 1.54) is 6.07 Å². The molecule has 134 valence electrons. The van der Waals surface area contributed by atoms with Crippen LogP contribution in [0.2, 0.25) is 0 Å². The number of aromatic nitrogens is 2. The SMILES string of the molecule is O=C(CCc1ccccc1F)NCCCc1nc(-c2ccccc2)no1. The summed E-state index contributed by atoms with van der Waals surface area (Å²) in [5, 5.41) is 6.79. The fourth-order valence-corrected chi connectivity index (χ4v) is 2.57. The molecule has 0 spiro atoms. The van der Waals surface area contributed by atoms with Crippen molar-refractivity contribution >= 4 is 5.91 Å². The number of hydrogen-bond acceptors (Lipinski definition) is 4. The number of carbonyl (C=O) groups excluding carboxylic acids is 1. The minimum Gasteiger partial charge on any atom is -0.356 e. The molecule has 0 bridgehead atoms. The van der Waals surface area contributed by atoms with Crippen molar-refractivity contribution in [2.24, 2.45) is 0 Å². The first kappa shape index (κ1) is 17.8. The zero-order valence-electron chi connectivity index (χ0n) is 14.3. The van der Waals surface area contributed by atoms with Crippen LogP contribution < -0.4 is 5.32 Å². The van der Waals surface area contributed by atoms with E-state index in [1.54, 1.807) is 18.2 Å². The zero-order chi connectivity index (χ0) is 18.2. The van der Waals surface area contributed by atoms with Crippen LogP contribution in [0, 0.1) is 5.82 Å². The Labute approximate surface area is 151 Å². The Hall–Kier alpha value is -3.02. The third-order valence-electron chi connectivity index (χ3n) is 3.97. The van der Waals surface area contributed by atoms with Crippen molar-refractivity contribution in [3.8, 4) is 11.4 Å². The van der Waals surface area contributed by atoms with Gasteiger partial charge in [-0.05, 0) is 24.5 Å². The van der Waals surface area contributed by atoms with Gasteiger partial charge in [0.1, 0.15) is 5.82 Å². The van der Waals surface area contributed by atoms with Crippen molar-refractivity contribution in [3.63, 3.8) is 0 Å². The van der Waals surface area contributed by atoms with Crippen LogP contribution in [0.5, 0.6) is 0 Å². The topological polar surface area (TPSA) is 68.0 Å². The molecule has 1 N–H and O–H groups in total. The Bertz CT molecular complexity index is 849. The van der Waals surface area contributed by atoms with Crippen LogP contribution in [-0.4, -0.2) is 22.6 Å². The molecule has 3 rings (SSSR count). The van der Waals surface area contributed by atoms with Gasteiger partial charge in [-0.3, -0.25) is 4.79 Å². The average molecular weight is 353 g/mol. The Kier molecular flexibility index (Phi) is 6.09. The van der Waals surface area contributed by atoms with Gasteiger partial charge in [0.25, 0.3) is 0 Å². The molecule has 5 nitrogen and oxygen atoms in total. The summed E-state index contributed by atoms with van der Waals surface area (Å²) in [4.78, 5) is 16.2. The van der Waals surface area contributed by atoms with Crippen LogP contribution in [0.3, 0.4) is 0 Å². The van der Waals surface area contributed by atoms with Gasteiger partial charge >= 0.3 is 0 Å². The molecule has 2 aromatic carbocycles. The van der Waals surface area contributed by atoms with Gasteiger partial charge in [0, 0.05) is 24.9 Å². The third kappa shape index (κ3) is 4.99. The first-order chi connectivity index (χ1) is 12.7. The first-order valence-corrected chi connectivity index (χ1v) is 8.60. The molecule has 0 aliphatic rings. The number of carbonyl (C=O) groups is 1. The number of benzene rings is 2. The maximum Gasteiger partial charge on any atom is 0.227 e. The smallest absolute Gasteiger partial charge is 0.227 e. The monoisotopic (exact) mass is 353 g/mol. The number of halogens is 1. The van der Waals surface area contributed by atoms with Gasteiger partial charge in [-0.15, -0.1) is 0 Å². The molecule has 3 aromatic rings. The molecule has 0 atom stereocenters. The van der Waals surface area contributed by atoms with Crippen LogP contribution in [0.15, 0.2) is 59.1 Å². The summed E-state index contributed by atoms with van der Waals surface area (Å²) in [6, 6.07) is 16.1. The summed E-state index contributed by atoms with van der Waals surface area (Å²) in [6.07, 6.45) is 1.94. The van der Waals surface area contributed by atoms with Crippen LogP contribution in [0.25, 0.3) is 11.4 Å². The number of nitrogens with one attached hydrogen (secondary N) is 1. The quantitative estimate of drug-likeness (QED) is 0.629. The highest BCUT2D eigenvalue weighted by atomic mass is 19.1. The third-order valence-corrected chi connectivity index (χ3v) is 3.97. The summed E-state index contributed by atoms with van der Waals surface area (Å²) >= 11 is 0. The molecule has 1 heterocycles. The van der Waals surface area contributed by atoms with Gasteiger partial charge < -0.3 is 9.84 Å². The summed E-state index contributed by atoms with van der Waals surface area (Å²) in [6.45, 7) is 0.513. The van der Waals surface area contributed by atoms with Crippen LogP contribution in [-0.2, 0) is 17.6 Å². The van der Waals surface area contributed by atoms with Crippen molar-refractivity contribution in [2.45, 2.75) is 25.7 Å². The van der Waals surface area contributed by atoms with E-state index < -0.39 is 0 Å². The average Bonchev–Trinajstić information content (AvgIpc) is 3.14. The number of amides is 1. The second kappa shape index (κ2) is 8.89. The highest BCUT2D eigenvalue weighted by Gasteiger charge is 2.09. The van der Waals surface area contributed by atoms with Crippen molar-refractivity contribution < 1.29 is 13.7 Å². The van der Waals surface area contributed by atoms with E-state index in [-0.39, 0.29) is 18.1 Å². The van der Waals surface area contributed by atoms with Crippen molar-refractivity contribution in [3.05, 3.63) is 71.9 Å². The molecule has 0 radical (unpaired) electrons. The molecule has 26 heavy (non-hydrogen) atoms.